The van der Waals surface area contributed by atoms with Crippen molar-refractivity contribution in [2.45, 2.75) is 19.1 Å². The highest BCUT2D eigenvalue weighted by Crippen LogP contribution is 2.26. The van der Waals surface area contributed by atoms with Crippen LogP contribution in [-0.4, -0.2) is 19.3 Å². The fourth-order valence-corrected chi connectivity index (χ4v) is 4.09. The van der Waals surface area contributed by atoms with Crippen LogP contribution >= 0.6 is 27.7 Å². The predicted molar refractivity (Wildman–Crippen MR) is 126 cm³/mol. The molecule has 1 aromatic heterocycles. The van der Waals surface area contributed by atoms with E-state index in [1.165, 1.54) is 31.4 Å². The van der Waals surface area contributed by atoms with Gasteiger partial charge in [-0.25, -0.2) is 9.79 Å². The first-order valence-electron chi connectivity index (χ1n) is 9.36. The number of halogens is 1. The van der Waals surface area contributed by atoms with Gasteiger partial charge in [-0.05, 0) is 41.8 Å². The van der Waals surface area contributed by atoms with E-state index in [1.54, 1.807) is 0 Å². The fraction of sp³-hybridized carbons (Fsp3) is 0.227. The summed E-state index contributed by atoms with van der Waals surface area (Å²) in [5, 5.41) is 11.0. The zero-order valence-electron chi connectivity index (χ0n) is 16.9. The van der Waals surface area contributed by atoms with Crippen molar-refractivity contribution in [1.29, 1.82) is 0 Å². The number of aryl methyl sites for hydroxylation is 1. The van der Waals surface area contributed by atoms with Crippen molar-refractivity contribution in [3.05, 3.63) is 90.5 Å². The number of aliphatic imine (C=N–C) groups is 1. The average molecular weight is 488 g/mol. The first-order valence-corrected chi connectivity index (χ1v) is 11.1. The molecule has 3 rings (SSSR count). The summed E-state index contributed by atoms with van der Waals surface area (Å²) in [6.07, 6.45) is 0.914. The second kappa shape index (κ2) is 9.49. The number of hydrogen-bond donors (Lipinski definition) is 1. The summed E-state index contributed by atoms with van der Waals surface area (Å²) in [6.45, 7) is 2.07. The third-order valence-electron chi connectivity index (χ3n) is 4.71. The topological polar surface area (TPSA) is 76.6 Å². The number of rotatable bonds is 5. The molecule has 0 radical (unpaired) electrons. The SMILES string of the molecule is CCc1ccc(N=C(SCc2ccc(Br)cc2)c2c(O)n(C)c(=O)n(C)c2=O)cc1. The number of hydrogen-bond acceptors (Lipinski definition) is 5. The van der Waals surface area contributed by atoms with Crippen LogP contribution in [0, 0.1) is 0 Å². The first-order chi connectivity index (χ1) is 14.3. The summed E-state index contributed by atoms with van der Waals surface area (Å²) in [4.78, 5) is 29.6. The fourth-order valence-electron chi connectivity index (χ4n) is 2.84. The van der Waals surface area contributed by atoms with E-state index in [9.17, 15) is 14.7 Å². The highest BCUT2D eigenvalue weighted by atomic mass is 79.9. The van der Waals surface area contributed by atoms with Gasteiger partial charge in [-0.1, -0.05) is 47.1 Å². The molecule has 0 spiro atoms. The van der Waals surface area contributed by atoms with E-state index < -0.39 is 17.1 Å². The number of aromatic nitrogens is 2. The summed E-state index contributed by atoms with van der Waals surface area (Å²) in [6, 6.07) is 15.6. The Morgan fingerprint density at radius 1 is 1.00 bits per heavy atom. The van der Waals surface area contributed by atoms with Gasteiger partial charge in [0.25, 0.3) is 5.56 Å². The molecule has 0 saturated carbocycles. The van der Waals surface area contributed by atoms with E-state index in [-0.39, 0.29) is 5.56 Å². The van der Waals surface area contributed by atoms with Crippen LogP contribution in [0.5, 0.6) is 5.88 Å². The Labute approximate surface area is 187 Å². The highest BCUT2D eigenvalue weighted by molar-refractivity contribution is 9.10. The monoisotopic (exact) mass is 487 g/mol. The van der Waals surface area contributed by atoms with Crippen molar-refractivity contribution in [2.24, 2.45) is 19.1 Å². The van der Waals surface area contributed by atoms with Crippen molar-refractivity contribution in [2.75, 3.05) is 0 Å². The molecule has 3 aromatic rings. The number of nitrogens with zero attached hydrogens (tertiary/aromatic N) is 3. The average Bonchev–Trinajstić information content (AvgIpc) is 2.76. The normalized spacial score (nSPS) is 11.7. The number of benzene rings is 2. The Morgan fingerprint density at radius 2 is 1.60 bits per heavy atom. The largest absolute Gasteiger partial charge is 0.494 e. The third-order valence-corrected chi connectivity index (χ3v) is 6.29. The Hall–Kier alpha value is -2.58. The minimum absolute atomic E-state index is 0.0151. The van der Waals surface area contributed by atoms with Gasteiger partial charge in [0.05, 0.1) is 5.69 Å². The van der Waals surface area contributed by atoms with Crippen molar-refractivity contribution in [1.82, 2.24) is 9.13 Å². The lowest BCUT2D eigenvalue weighted by Gasteiger charge is -2.12. The number of aromatic hydroxyl groups is 1. The summed E-state index contributed by atoms with van der Waals surface area (Å²) in [5.74, 6) is 0.153. The number of thioether (sulfide) groups is 1. The van der Waals surface area contributed by atoms with Gasteiger partial charge in [0.15, 0.2) is 0 Å². The summed E-state index contributed by atoms with van der Waals surface area (Å²) >= 11 is 4.76. The Balaban J connectivity index is 2.09. The molecular formula is C22H22BrN3O3S. The maximum atomic E-state index is 12.8. The van der Waals surface area contributed by atoms with Gasteiger partial charge in [-0.2, -0.15) is 0 Å². The standard InChI is InChI=1S/C22H22BrN3O3S/c1-4-14-7-11-17(12-8-14)24-19(30-13-15-5-9-16(23)10-6-15)18-20(27)25(2)22(29)26(3)21(18)28/h5-12,27H,4,13H2,1-3H3. The van der Waals surface area contributed by atoms with Crippen LogP contribution in [0.1, 0.15) is 23.6 Å². The molecule has 0 bridgehead atoms. The minimum Gasteiger partial charge on any atom is -0.494 e. The maximum Gasteiger partial charge on any atom is 0.333 e. The highest BCUT2D eigenvalue weighted by Gasteiger charge is 2.21. The molecule has 8 heteroatoms. The molecule has 30 heavy (non-hydrogen) atoms. The summed E-state index contributed by atoms with van der Waals surface area (Å²) in [7, 11) is 2.81. The molecule has 0 fully saturated rings. The van der Waals surface area contributed by atoms with Crippen molar-refractivity contribution in [3.63, 3.8) is 0 Å². The Morgan fingerprint density at radius 3 is 2.20 bits per heavy atom. The van der Waals surface area contributed by atoms with Crippen LogP contribution in [0.2, 0.25) is 0 Å². The van der Waals surface area contributed by atoms with E-state index in [0.717, 1.165) is 25.6 Å². The molecule has 0 saturated heterocycles. The molecule has 0 unspecified atom stereocenters. The van der Waals surface area contributed by atoms with Crippen LogP contribution in [0.4, 0.5) is 5.69 Å². The second-order valence-electron chi connectivity index (χ2n) is 6.76. The minimum atomic E-state index is -0.592. The molecule has 0 atom stereocenters. The zero-order valence-corrected chi connectivity index (χ0v) is 19.3. The van der Waals surface area contributed by atoms with E-state index in [0.29, 0.717) is 16.5 Å². The van der Waals surface area contributed by atoms with Crippen molar-refractivity contribution in [3.8, 4) is 5.88 Å². The van der Waals surface area contributed by atoms with Gasteiger partial charge in [0.2, 0.25) is 5.88 Å². The van der Waals surface area contributed by atoms with Crippen LogP contribution < -0.4 is 11.2 Å². The Kier molecular flexibility index (Phi) is 6.99. The lowest BCUT2D eigenvalue weighted by atomic mass is 10.1. The molecule has 1 N–H and O–H groups in total. The molecule has 2 aromatic carbocycles. The van der Waals surface area contributed by atoms with Gasteiger partial charge in [-0.15, -0.1) is 11.8 Å². The summed E-state index contributed by atoms with van der Waals surface area (Å²) in [5.41, 5.74) is 1.73. The molecule has 156 valence electrons. The smallest absolute Gasteiger partial charge is 0.333 e. The zero-order chi connectivity index (χ0) is 21.8. The molecule has 0 aliphatic rings. The molecular weight excluding hydrogens is 466 g/mol. The van der Waals surface area contributed by atoms with Crippen molar-refractivity contribution < 1.29 is 5.11 Å². The van der Waals surface area contributed by atoms with E-state index >= 15 is 0 Å². The predicted octanol–water partition coefficient (Wildman–Crippen LogP) is 4.13. The maximum absolute atomic E-state index is 12.8. The quantitative estimate of drug-likeness (QED) is 0.433. The molecule has 6 nitrogen and oxygen atoms in total. The molecule has 0 aliphatic heterocycles. The van der Waals surface area contributed by atoms with Gasteiger partial charge in [-0.3, -0.25) is 13.9 Å². The molecule has 0 amide bonds. The van der Waals surface area contributed by atoms with Gasteiger partial charge in [0, 0.05) is 24.3 Å². The lowest BCUT2D eigenvalue weighted by molar-refractivity contribution is 0.410. The van der Waals surface area contributed by atoms with Crippen LogP contribution in [0.15, 0.2) is 67.6 Å². The molecule has 1 heterocycles. The Bertz CT molecular complexity index is 1200. The van der Waals surface area contributed by atoms with E-state index in [2.05, 4.69) is 27.8 Å². The van der Waals surface area contributed by atoms with Crippen LogP contribution in [-0.2, 0) is 26.3 Å². The van der Waals surface area contributed by atoms with Crippen LogP contribution in [0.25, 0.3) is 0 Å². The van der Waals surface area contributed by atoms with Gasteiger partial charge in [0.1, 0.15) is 10.6 Å². The summed E-state index contributed by atoms with van der Waals surface area (Å²) < 4.78 is 3.00. The van der Waals surface area contributed by atoms with E-state index in [4.69, 9.17) is 0 Å². The first kappa shape index (κ1) is 22.1. The van der Waals surface area contributed by atoms with Crippen LogP contribution in [0.3, 0.4) is 0 Å². The van der Waals surface area contributed by atoms with Gasteiger partial charge >= 0.3 is 5.69 Å². The van der Waals surface area contributed by atoms with Crippen molar-refractivity contribution >= 4 is 38.4 Å². The molecule has 0 aliphatic carbocycles. The third kappa shape index (κ3) is 4.76. The second-order valence-corrected chi connectivity index (χ2v) is 8.64. The van der Waals surface area contributed by atoms with Gasteiger partial charge < -0.3 is 5.11 Å². The van der Waals surface area contributed by atoms with E-state index in [1.807, 2.05) is 48.5 Å². The lowest BCUT2D eigenvalue weighted by Crippen LogP contribution is -2.39.